The predicted octanol–water partition coefficient (Wildman–Crippen LogP) is 2.98. The monoisotopic (exact) mass is 324 g/mol. The van der Waals surface area contributed by atoms with Crippen LogP contribution in [0.15, 0.2) is 44.6 Å². The summed E-state index contributed by atoms with van der Waals surface area (Å²) in [4.78, 5) is 11.7. The third-order valence-corrected chi connectivity index (χ3v) is 3.91. The Morgan fingerprint density at radius 3 is 2.83 bits per heavy atom. The van der Waals surface area contributed by atoms with Crippen molar-refractivity contribution in [3.05, 3.63) is 50.6 Å². The summed E-state index contributed by atoms with van der Waals surface area (Å²) < 4.78 is 0.924. The van der Waals surface area contributed by atoms with Gasteiger partial charge in [-0.25, -0.2) is 5.43 Å². The number of nitrogens with one attached hydrogen (secondary N) is 1. The maximum Gasteiger partial charge on any atom is 0.275 e. The van der Waals surface area contributed by atoms with Gasteiger partial charge in [0, 0.05) is 20.8 Å². The van der Waals surface area contributed by atoms with E-state index in [1.54, 1.807) is 18.3 Å². The van der Waals surface area contributed by atoms with Crippen LogP contribution in [0.3, 0.4) is 0 Å². The van der Waals surface area contributed by atoms with Gasteiger partial charge in [0.25, 0.3) is 5.91 Å². The van der Waals surface area contributed by atoms with Gasteiger partial charge in [-0.15, -0.1) is 0 Å². The fourth-order valence-corrected chi connectivity index (χ4v) is 2.62. The molecule has 0 aliphatic rings. The van der Waals surface area contributed by atoms with Gasteiger partial charge in [0.15, 0.2) is 0 Å². The van der Waals surface area contributed by atoms with E-state index in [9.17, 15) is 9.90 Å². The number of hydrogen-bond acceptors (Lipinski definition) is 4. The molecule has 0 radical (unpaired) electrons. The highest BCUT2D eigenvalue weighted by atomic mass is 79.9. The predicted molar refractivity (Wildman–Crippen MR) is 75.2 cm³/mol. The number of halogens is 1. The van der Waals surface area contributed by atoms with E-state index >= 15 is 0 Å². The second kappa shape index (κ2) is 5.79. The van der Waals surface area contributed by atoms with E-state index in [1.165, 1.54) is 23.5 Å². The Hall–Kier alpha value is -1.66. The van der Waals surface area contributed by atoms with Gasteiger partial charge in [0.1, 0.15) is 5.75 Å². The SMILES string of the molecule is O=C(NN=Cc1cscc1Br)c1ccccc1O. The molecule has 0 bridgehead atoms. The molecule has 0 aliphatic carbocycles. The average molecular weight is 325 g/mol. The molecular weight excluding hydrogens is 316 g/mol. The van der Waals surface area contributed by atoms with Crippen molar-refractivity contribution in [2.75, 3.05) is 0 Å². The number of amides is 1. The number of hydrogen-bond donors (Lipinski definition) is 2. The molecule has 18 heavy (non-hydrogen) atoms. The Morgan fingerprint density at radius 1 is 1.39 bits per heavy atom. The van der Waals surface area contributed by atoms with E-state index in [1.807, 2.05) is 10.8 Å². The molecule has 1 aromatic carbocycles. The van der Waals surface area contributed by atoms with Crippen LogP contribution in [-0.2, 0) is 0 Å². The largest absolute Gasteiger partial charge is 0.507 e. The first kappa shape index (κ1) is 12.8. The first-order valence-corrected chi connectivity index (χ1v) is 6.75. The molecule has 2 N–H and O–H groups in total. The minimum absolute atomic E-state index is 0.0677. The van der Waals surface area contributed by atoms with Gasteiger partial charge in [-0.2, -0.15) is 16.4 Å². The van der Waals surface area contributed by atoms with E-state index < -0.39 is 5.91 Å². The van der Waals surface area contributed by atoms with Gasteiger partial charge >= 0.3 is 0 Å². The molecular formula is C12H9BrN2O2S. The molecule has 1 aromatic heterocycles. The first-order valence-electron chi connectivity index (χ1n) is 5.01. The standard InChI is InChI=1S/C12H9BrN2O2S/c13-10-7-18-6-8(10)5-14-15-12(17)9-3-1-2-4-11(9)16/h1-7,16H,(H,15,17). The van der Waals surface area contributed by atoms with Crippen molar-refractivity contribution in [3.8, 4) is 5.75 Å². The number of nitrogens with zero attached hydrogens (tertiary/aromatic N) is 1. The Balaban J connectivity index is 2.03. The van der Waals surface area contributed by atoms with Crippen LogP contribution in [0.4, 0.5) is 0 Å². The number of hydrazone groups is 1. The number of carbonyl (C=O) groups excluding carboxylic acids is 1. The normalized spacial score (nSPS) is 10.7. The van der Waals surface area contributed by atoms with E-state index in [0.717, 1.165) is 10.0 Å². The smallest absolute Gasteiger partial charge is 0.275 e. The minimum atomic E-state index is -0.448. The summed E-state index contributed by atoms with van der Waals surface area (Å²) in [6, 6.07) is 6.31. The van der Waals surface area contributed by atoms with Crippen molar-refractivity contribution in [1.29, 1.82) is 0 Å². The Bertz CT molecular complexity index is 595. The van der Waals surface area contributed by atoms with Crippen LogP contribution in [0.1, 0.15) is 15.9 Å². The second-order valence-corrected chi connectivity index (χ2v) is 4.99. The molecule has 2 aromatic rings. The molecule has 0 fully saturated rings. The van der Waals surface area contributed by atoms with Gasteiger partial charge in [0.2, 0.25) is 0 Å². The van der Waals surface area contributed by atoms with Gasteiger partial charge in [0.05, 0.1) is 11.8 Å². The molecule has 1 amide bonds. The summed E-state index contributed by atoms with van der Waals surface area (Å²) in [5.41, 5.74) is 3.44. The van der Waals surface area contributed by atoms with Crippen molar-refractivity contribution in [3.63, 3.8) is 0 Å². The number of phenols is 1. The van der Waals surface area contributed by atoms with E-state index in [4.69, 9.17) is 0 Å². The summed E-state index contributed by atoms with van der Waals surface area (Å²) in [6.45, 7) is 0. The van der Waals surface area contributed by atoms with E-state index in [0.29, 0.717) is 0 Å². The van der Waals surface area contributed by atoms with E-state index in [-0.39, 0.29) is 11.3 Å². The van der Waals surface area contributed by atoms with Crippen LogP contribution >= 0.6 is 27.3 Å². The number of phenolic OH excluding ortho intramolecular Hbond substituents is 1. The Morgan fingerprint density at radius 2 is 2.17 bits per heavy atom. The fraction of sp³-hybridized carbons (Fsp3) is 0. The third kappa shape index (κ3) is 2.96. The number of rotatable bonds is 3. The zero-order valence-corrected chi connectivity index (χ0v) is 11.5. The number of carbonyl (C=O) groups is 1. The molecule has 2 rings (SSSR count). The zero-order chi connectivity index (χ0) is 13.0. The van der Waals surface area contributed by atoms with Crippen molar-refractivity contribution in [2.45, 2.75) is 0 Å². The molecule has 0 atom stereocenters. The maximum absolute atomic E-state index is 11.7. The lowest BCUT2D eigenvalue weighted by Gasteiger charge is -2.01. The molecule has 1 heterocycles. The lowest BCUT2D eigenvalue weighted by atomic mass is 10.2. The summed E-state index contributed by atoms with van der Waals surface area (Å²) in [5.74, 6) is -0.516. The van der Waals surface area contributed by atoms with Gasteiger partial charge < -0.3 is 5.11 Å². The van der Waals surface area contributed by atoms with Crippen LogP contribution in [0.2, 0.25) is 0 Å². The average Bonchev–Trinajstić information content (AvgIpc) is 2.75. The third-order valence-electron chi connectivity index (χ3n) is 2.16. The fourth-order valence-electron chi connectivity index (χ4n) is 1.27. The molecule has 6 heteroatoms. The summed E-state index contributed by atoms with van der Waals surface area (Å²) >= 11 is 4.89. The topological polar surface area (TPSA) is 61.7 Å². The first-order chi connectivity index (χ1) is 8.68. The highest BCUT2D eigenvalue weighted by Crippen LogP contribution is 2.19. The van der Waals surface area contributed by atoms with Crippen LogP contribution in [0.25, 0.3) is 0 Å². The highest BCUT2D eigenvalue weighted by molar-refractivity contribution is 9.10. The summed E-state index contributed by atoms with van der Waals surface area (Å²) in [7, 11) is 0. The van der Waals surface area contributed by atoms with Crippen molar-refractivity contribution in [1.82, 2.24) is 5.43 Å². The number of thiophene rings is 1. The molecule has 4 nitrogen and oxygen atoms in total. The van der Waals surface area contributed by atoms with Gasteiger partial charge in [-0.1, -0.05) is 12.1 Å². The molecule has 0 spiro atoms. The molecule has 92 valence electrons. The van der Waals surface area contributed by atoms with Crippen LogP contribution in [0.5, 0.6) is 5.75 Å². The van der Waals surface area contributed by atoms with Crippen molar-refractivity contribution < 1.29 is 9.90 Å². The second-order valence-electron chi connectivity index (χ2n) is 3.39. The molecule has 0 aliphatic heterocycles. The molecule has 0 saturated carbocycles. The number of aromatic hydroxyl groups is 1. The lowest BCUT2D eigenvalue weighted by Crippen LogP contribution is -2.17. The minimum Gasteiger partial charge on any atom is -0.507 e. The summed E-state index contributed by atoms with van der Waals surface area (Å²) in [5, 5.41) is 17.1. The summed E-state index contributed by atoms with van der Waals surface area (Å²) in [6.07, 6.45) is 1.54. The van der Waals surface area contributed by atoms with Crippen molar-refractivity contribution >= 4 is 39.4 Å². The van der Waals surface area contributed by atoms with Crippen molar-refractivity contribution in [2.24, 2.45) is 5.10 Å². The van der Waals surface area contributed by atoms with Crippen LogP contribution < -0.4 is 5.43 Å². The Kier molecular flexibility index (Phi) is 4.11. The molecule has 0 unspecified atom stereocenters. The van der Waals surface area contributed by atoms with E-state index in [2.05, 4.69) is 26.5 Å². The highest BCUT2D eigenvalue weighted by Gasteiger charge is 2.08. The van der Waals surface area contributed by atoms with Gasteiger partial charge in [-0.3, -0.25) is 4.79 Å². The van der Waals surface area contributed by atoms with Crippen LogP contribution in [-0.4, -0.2) is 17.2 Å². The number of para-hydroxylation sites is 1. The lowest BCUT2D eigenvalue weighted by molar-refractivity contribution is 0.0952. The number of benzene rings is 1. The zero-order valence-electron chi connectivity index (χ0n) is 9.13. The maximum atomic E-state index is 11.7. The Labute approximate surface area is 116 Å². The molecule has 0 saturated heterocycles. The quantitative estimate of drug-likeness (QED) is 0.673. The van der Waals surface area contributed by atoms with Crippen LogP contribution in [0, 0.1) is 0 Å². The van der Waals surface area contributed by atoms with Gasteiger partial charge in [-0.05, 0) is 28.1 Å².